The fourth-order valence-electron chi connectivity index (χ4n) is 2.44. The van der Waals surface area contributed by atoms with E-state index in [-0.39, 0.29) is 11.9 Å². The van der Waals surface area contributed by atoms with E-state index in [9.17, 15) is 4.79 Å². The van der Waals surface area contributed by atoms with E-state index >= 15 is 0 Å². The van der Waals surface area contributed by atoms with Gasteiger partial charge in [-0.05, 0) is 43.3 Å². The molecule has 1 heterocycles. The molecular weight excluding hydrogens is 288 g/mol. The maximum absolute atomic E-state index is 12.4. The number of aromatic amines is 1. The fourth-order valence-corrected chi connectivity index (χ4v) is 2.44. The average Bonchev–Trinajstić information content (AvgIpc) is 2.99. The lowest BCUT2D eigenvalue weighted by Crippen LogP contribution is -2.27. The highest BCUT2D eigenvalue weighted by Gasteiger charge is 2.14. The lowest BCUT2D eigenvalue weighted by Gasteiger charge is -2.14. The van der Waals surface area contributed by atoms with Crippen molar-refractivity contribution in [1.82, 2.24) is 15.3 Å². The number of anilines is 1. The summed E-state index contributed by atoms with van der Waals surface area (Å²) in [7, 11) is 3.94. The minimum absolute atomic E-state index is 0.108. The number of carbonyl (C=O) groups excluding carboxylic acids is 1. The highest BCUT2D eigenvalue weighted by Crippen LogP contribution is 2.17. The molecule has 2 aromatic carbocycles. The SMILES string of the molecule is CC(NC(=O)c1ccc(N(C)C)cc1)c1nc2ccccc2[nH]1. The van der Waals surface area contributed by atoms with E-state index in [1.165, 1.54) is 0 Å². The van der Waals surface area contributed by atoms with E-state index < -0.39 is 0 Å². The van der Waals surface area contributed by atoms with Crippen molar-refractivity contribution < 1.29 is 4.79 Å². The van der Waals surface area contributed by atoms with Crippen LogP contribution >= 0.6 is 0 Å². The van der Waals surface area contributed by atoms with Gasteiger partial charge in [-0.2, -0.15) is 0 Å². The van der Waals surface area contributed by atoms with E-state index in [1.807, 2.05) is 74.4 Å². The van der Waals surface area contributed by atoms with Crippen LogP contribution in [0.25, 0.3) is 11.0 Å². The van der Waals surface area contributed by atoms with Crippen LogP contribution in [0.15, 0.2) is 48.5 Å². The predicted octanol–water partition coefficient (Wildman–Crippen LogP) is 3.12. The van der Waals surface area contributed by atoms with Gasteiger partial charge in [-0.3, -0.25) is 4.79 Å². The number of nitrogens with one attached hydrogen (secondary N) is 2. The topological polar surface area (TPSA) is 61.0 Å². The lowest BCUT2D eigenvalue weighted by atomic mass is 10.1. The first-order valence-electron chi connectivity index (χ1n) is 7.57. The van der Waals surface area contributed by atoms with E-state index in [4.69, 9.17) is 0 Å². The number of rotatable bonds is 4. The molecule has 0 aliphatic rings. The number of hydrogen-bond donors (Lipinski definition) is 2. The molecule has 0 saturated heterocycles. The standard InChI is InChI=1S/C18H20N4O/c1-12(17-20-15-6-4-5-7-16(15)21-17)19-18(23)13-8-10-14(11-9-13)22(2)3/h4-12H,1-3H3,(H,19,23)(H,20,21). The summed E-state index contributed by atoms with van der Waals surface area (Å²) >= 11 is 0. The molecule has 1 aromatic heterocycles. The maximum Gasteiger partial charge on any atom is 0.251 e. The van der Waals surface area contributed by atoms with Gasteiger partial charge in [-0.1, -0.05) is 12.1 Å². The molecule has 0 fully saturated rings. The molecule has 0 aliphatic heterocycles. The summed E-state index contributed by atoms with van der Waals surface area (Å²) in [5.41, 5.74) is 3.57. The van der Waals surface area contributed by atoms with Crippen LogP contribution in [0, 0.1) is 0 Å². The van der Waals surface area contributed by atoms with Crippen LogP contribution in [-0.2, 0) is 0 Å². The van der Waals surface area contributed by atoms with Gasteiger partial charge in [0.25, 0.3) is 5.91 Å². The van der Waals surface area contributed by atoms with Crippen LogP contribution in [0.3, 0.4) is 0 Å². The molecule has 2 N–H and O–H groups in total. The molecule has 0 bridgehead atoms. The Balaban J connectivity index is 1.73. The Morgan fingerprint density at radius 3 is 2.48 bits per heavy atom. The summed E-state index contributed by atoms with van der Waals surface area (Å²) in [5, 5.41) is 2.98. The molecule has 1 unspecified atom stereocenters. The third-order valence-corrected chi connectivity index (χ3v) is 3.81. The summed E-state index contributed by atoms with van der Waals surface area (Å²) < 4.78 is 0. The largest absolute Gasteiger partial charge is 0.378 e. The van der Waals surface area contributed by atoms with Crippen LogP contribution in [0.2, 0.25) is 0 Å². The first-order valence-corrected chi connectivity index (χ1v) is 7.57. The quantitative estimate of drug-likeness (QED) is 0.778. The van der Waals surface area contributed by atoms with E-state index in [2.05, 4.69) is 15.3 Å². The third kappa shape index (κ3) is 3.18. The Hall–Kier alpha value is -2.82. The maximum atomic E-state index is 12.4. The molecule has 0 aliphatic carbocycles. The number of carbonyl (C=O) groups is 1. The number of benzene rings is 2. The summed E-state index contributed by atoms with van der Waals surface area (Å²) in [4.78, 5) is 22.1. The van der Waals surface area contributed by atoms with Crippen LogP contribution < -0.4 is 10.2 Å². The van der Waals surface area contributed by atoms with E-state index in [0.29, 0.717) is 5.56 Å². The number of imidazole rings is 1. The summed E-state index contributed by atoms with van der Waals surface area (Å²) in [6, 6.07) is 15.2. The van der Waals surface area contributed by atoms with Gasteiger partial charge in [0.1, 0.15) is 5.82 Å². The second-order valence-electron chi connectivity index (χ2n) is 5.78. The van der Waals surface area contributed by atoms with Gasteiger partial charge in [0, 0.05) is 25.3 Å². The van der Waals surface area contributed by atoms with Crippen molar-refractivity contribution in [3.63, 3.8) is 0 Å². The average molecular weight is 308 g/mol. The molecule has 1 amide bonds. The normalized spacial score (nSPS) is 12.1. The van der Waals surface area contributed by atoms with Gasteiger partial charge in [0.05, 0.1) is 17.1 Å². The number of fused-ring (bicyclic) bond motifs is 1. The van der Waals surface area contributed by atoms with Crippen molar-refractivity contribution >= 4 is 22.6 Å². The number of amides is 1. The van der Waals surface area contributed by atoms with Crippen molar-refractivity contribution in [2.75, 3.05) is 19.0 Å². The van der Waals surface area contributed by atoms with Crippen molar-refractivity contribution in [2.24, 2.45) is 0 Å². The Morgan fingerprint density at radius 2 is 1.83 bits per heavy atom. The van der Waals surface area contributed by atoms with Crippen LogP contribution in [-0.4, -0.2) is 30.0 Å². The molecule has 1 atom stereocenters. The van der Waals surface area contributed by atoms with E-state index in [0.717, 1.165) is 22.5 Å². The Labute approximate surface area is 135 Å². The molecule has 0 spiro atoms. The number of aromatic nitrogens is 2. The molecule has 0 radical (unpaired) electrons. The second-order valence-corrected chi connectivity index (χ2v) is 5.78. The van der Waals surface area contributed by atoms with Crippen LogP contribution in [0.5, 0.6) is 0 Å². The van der Waals surface area contributed by atoms with Crippen LogP contribution in [0.4, 0.5) is 5.69 Å². The highest BCUT2D eigenvalue weighted by atomic mass is 16.1. The van der Waals surface area contributed by atoms with Crippen LogP contribution in [0.1, 0.15) is 29.1 Å². The number of hydrogen-bond acceptors (Lipinski definition) is 3. The van der Waals surface area contributed by atoms with Gasteiger partial charge in [0.15, 0.2) is 0 Å². The predicted molar refractivity (Wildman–Crippen MR) is 92.7 cm³/mol. The molecule has 5 nitrogen and oxygen atoms in total. The summed E-state index contributed by atoms with van der Waals surface area (Å²) in [6.07, 6.45) is 0. The van der Waals surface area contributed by atoms with Gasteiger partial charge in [-0.15, -0.1) is 0 Å². The zero-order chi connectivity index (χ0) is 16.4. The lowest BCUT2D eigenvalue weighted by molar-refractivity contribution is 0.0938. The molecule has 0 saturated carbocycles. The smallest absolute Gasteiger partial charge is 0.251 e. The number of para-hydroxylation sites is 2. The first kappa shape index (κ1) is 15.1. The minimum atomic E-state index is -0.191. The Kier molecular flexibility index (Phi) is 4.02. The Morgan fingerprint density at radius 1 is 1.13 bits per heavy atom. The third-order valence-electron chi connectivity index (χ3n) is 3.81. The minimum Gasteiger partial charge on any atom is -0.378 e. The second kappa shape index (κ2) is 6.12. The zero-order valence-electron chi connectivity index (χ0n) is 13.5. The van der Waals surface area contributed by atoms with Gasteiger partial charge >= 0.3 is 0 Å². The summed E-state index contributed by atoms with van der Waals surface area (Å²) in [6.45, 7) is 1.92. The number of nitrogens with zero attached hydrogens (tertiary/aromatic N) is 2. The highest BCUT2D eigenvalue weighted by molar-refractivity contribution is 5.94. The zero-order valence-corrected chi connectivity index (χ0v) is 13.5. The number of H-pyrrole nitrogens is 1. The van der Waals surface area contributed by atoms with Crippen molar-refractivity contribution in [3.05, 3.63) is 59.9 Å². The van der Waals surface area contributed by atoms with Crippen molar-refractivity contribution in [2.45, 2.75) is 13.0 Å². The monoisotopic (exact) mass is 308 g/mol. The summed E-state index contributed by atoms with van der Waals surface area (Å²) in [5.74, 6) is 0.646. The van der Waals surface area contributed by atoms with Gasteiger partial charge in [0.2, 0.25) is 0 Å². The fraction of sp³-hybridized carbons (Fsp3) is 0.222. The van der Waals surface area contributed by atoms with Gasteiger partial charge < -0.3 is 15.2 Å². The Bertz CT molecular complexity index is 787. The molecule has 3 rings (SSSR count). The van der Waals surface area contributed by atoms with E-state index in [1.54, 1.807) is 0 Å². The van der Waals surface area contributed by atoms with Crippen molar-refractivity contribution in [1.29, 1.82) is 0 Å². The molecule has 118 valence electrons. The molecule has 23 heavy (non-hydrogen) atoms. The van der Waals surface area contributed by atoms with Gasteiger partial charge in [-0.25, -0.2) is 4.98 Å². The first-order chi connectivity index (χ1) is 11.0. The molecule has 3 aromatic rings. The molecule has 5 heteroatoms. The molecular formula is C18H20N4O. The van der Waals surface area contributed by atoms with Crippen molar-refractivity contribution in [3.8, 4) is 0 Å².